The minimum absolute atomic E-state index is 0.160. The number of piperidine rings is 1. The van der Waals surface area contributed by atoms with Gasteiger partial charge in [-0.2, -0.15) is 0 Å². The number of hydrogen-bond acceptors (Lipinski definition) is 4. The maximum absolute atomic E-state index is 12.4. The van der Waals surface area contributed by atoms with Gasteiger partial charge >= 0.3 is 0 Å². The first-order valence-corrected chi connectivity index (χ1v) is 7.64. The molecule has 0 radical (unpaired) electrons. The van der Waals surface area contributed by atoms with Crippen LogP contribution >= 0.6 is 0 Å². The van der Waals surface area contributed by atoms with Crippen molar-refractivity contribution in [1.82, 2.24) is 10.2 Å². The van der Waals surface area contributed by atoms with Crippen LogP contribution in [0.5, 0.6) is 5.75 Å². The minimum Gasteiger partial charge on any atom is -0.490 e. The summed E-state index contributed by atoms with van der Waals surface area (Å²) in [5, 5.41) is 3.22. The van der Waals surface area contributed by atoms with Crippen LogP contribution in [0, 0.1) is 0 Å². The van der Waals surface area contributed by atoms with Gasteiger partial charge in [0.05, 0.1) is 13.2 Å². The van der Waals surface area contributed by atoms with E-state index in [4.69, 9.17) is 9.47 Å². The van der Waals surface area contributed by atoms with Gasteiger partial charge < -0.3 is 19.7 Å². The molecule has 0 spiro atoms. The summed E-state index contributed by atoms with van der Waals surface area (Å²) in [6.07, 6.45) is 1.97. The van der Waals surface area contributed by atoms with E-state index in [1.54, 1.807) is 0 Å². The van der Waals surface area contributed by atoms with Crippen molar-refractivity contribution in [3.63, 3.8) is 0 Å². The molecule has 0 bridgehead atoms. The second kappa shape index (κ2) is 6.91. The van der Waals surface area contributed by atoms with E-state index in [9.17, 15) is 4.79 Å². The van der Waals surface area contributed by atoms with E-state index in [0.29, 0.717) is 13.2 Å². The first kappa shape index (κ1) is 14.4. The van der Waals surface area contributed by atoms with Crippen molar-refractivity contribution in [2.24, 2.45) is 0 Å². The van der Waals surface area contributed by atoms with E-state index >= 15 is 0 Å². The number of likely N-dealkylation sites (tertiary alicyclic amines) is 1. The number of carbonyl (C=O) groups is 1. The second-order valence-corrected chi connectivity index (χ2v) is 5.54. The number of nitrogens with one attached hydrogen (secondary N) is 1. The Kier molecular flexibility index (Phi) is 4.72. The van der Waals surface area contributed by atoms with E-state index < -0.39 is 0 Å². The average Bonchev–Trinajstić information content (AvgIpc) is 2.57. The van der Waals surface area contributed by atoms with Crippen molar-refractivity contribution in [2.75, 3.05) is 32.8 Å². The number of nitrogens with zero attached hydrogens (tertiary/aromatic N) is 1. The zero-order chi connectivity index (χ0) is 14.5. The number of carbonyl (C=O) groups excluding carboxylic acids is 1. The first-order chi connectivity index (χ1) is 10.3. The SMILES string of the molecule is O=C(C1COCCN1)N1CCC(Oc2ccccc2)CC1. The van der Waals surface area contributed by atoms with Gasteiger partial charge in [-0.1, -0.05) is 18.2 Å². The molecule has 21 heavy (non-hydrogen) atoms. The minimum atomic E-state index is -0.176. The van der Waals surface area contributed by atoms with E-state index in [-0.39, 0.29) is 18.1 Å². The van der Waals surface area contributed by atoms with Gasteiger partial charge in [-0.15, -0.1) is 0 Å². The third-order valence-corrected chi connectivity index (χ3v) is 4.02. The lowest BCUT2D eigenvalue weighted by Crippen LogP contribution is -2.54. The summed E-state index contributed by atoms with van der Waals surface area (Å²) >= 11 is 0. The summed E-state index contributed by atoms with van der Waals surface area (Å²) in [5.41, 5.74) is 0. The van der Waals surface area contributed by atoms with Crippen molar-refractivity contribution < 1.29 is 14.3 Å². The molecular formula is C16H22N2O3. The van der Waals surface area contributed by atoms with E-state index in [1.807, 2.05) is 35.2 Å². The molecule has 3 rings (SSSR count). The summed E-state index contributed by atoms with van der Waals surface area (Å²) in [5.74, 6) is 1.07. The third kappa shape index (κ3) is 3.74. The fourth-order valence-corrected chi connectivity index (χ4v) is 2.83. The topological polar surface area (TPSA) is 50.8 Å². The lowest BCUT2D eigenvalue weighted by atomic mass is 10.1. The predicted octanol–water partition coefficient (Wildman–Crippen LogP) is 1.04. The fraction of sp³-hybridized carbons (Fsp3) is 0.562. The molecule has 5 nitrogen and oxygen atoms in total. The highest BCUT2D eigenvalue weighted by atomic mass is 16.5. The van der Waals surface area contributed by atoms with Crippen molar-refractivity contribution in [1.29, 1.82) is 0 Å². The van der Waals surface area contributed by atoms with Gasteiger partial charge in [0.1, 0.15) is 17.9 Å². The van der Waals surface area contributed by atoms with E-state index in [2.05, 4.69) is 5.32 Å². The Hall–Kier alpha value is -1.59. The van der Waals surface area contributed by atoms with Crippen LogP contribution in [-0.2, 0) is 9.53 Å². The zero-order valence-corrected chi connectivity index (χ0v) is 12.2. The largest absolute Gasteiger partial charge is 0.490 e. The zero-order valence-electron chi connectivity index (χ0n) is 12.2. The van der Waals surface area contributed by atoms with Crippen LogP contribution in [-0.4, -0.2) is 55.8 Å². The van der Waals surface area contributed by atoms with Crippen molar-refractivity contribution in [3.8, 4) is 5.75 Å². The molecule has 1 N–H and O–H groups in total. The molecule has 1 atom stereocenters. The monoisotopic (exact) mass is 290 g/mol. The molecule has 0 saturated carbocycles. The van der Waals surface area contributed by atoms with Gasteiger partial charge in [0.25, 0.3) is 0 Å². The van der Waals surface area contributed by atoms with Crippen molar-refractivity contribution in [2.45, 2.75) is 25.0 Å². The summed E-state index contributed by atoms with van der Waals surface area (Å²) in [6, 6.07) is 9.70. The van der Waals surface area contributed by atoms with Crippen LogP contribution in [0.3, 0.4) is 0 Å². The highest BCUT2D eigenvalue weighted by molar-refractivity contribution is 5.82. The number of benzene rings is 1. The Labute approximate surface area is 125 Å². The van der Waals surface area contributed by atoms with Crippen LogP contribution in [0.2, 0.25) is 0 Å². The Bertz CT molecular complexity index is 452. The standard InChI is InChI=1S/C16H22N2O3/c19-16(15-12-20-11-8-17-15)18-9-6-14(7-10-18)21-13-4-2-1-3-5-13/h1-5,14-15,17H,6-12H2. The molecule has 2 heterocycles. The summed E-state index contributed by atoms with van der Waals surface area (Å²) in [7, 11) is 0. The van der Waals surface area contributed by atoms with E-state index in [1.165, 1.54) is 0 Å². The number of hydrogen-bond donors (Lipinski definition) is 1. The normalized spacial score (nSPS) is 23.8. The second-order valence-electron chi connectivity index (χ2n) is 5.54. The molecule has 114 valence electrons. The Morgan fingerprint density at radius 2 is 2.00 bits per heavy atom. The Balaban J connectivity index is 1.47. The molecule has 1 aromatic rings. The van der Waals surface area contributed by atoms with Gasteiger partial charge in [-0.05, 0) is 12.1 Å². The van der Waals surface area contributed by atoms with E-state index in [0.717, 1.165) is 38.2 Å². The predicted molar refractivity (Wildman–Crippen MR) is 79.3 cm³/mol. The molecular weight excluding hydrogens is 268 g/mol. The Morgan fingerprint density at radius 3 is 2.67 bits per heavy atom. The van der Waals surface area contributed by atoms with Crippen molar-refractivity contribution in [3.05, 3.63) is 30.3 Å². The van der Waals surface area contributed by atoms with Gasteiger partial charge in [0, 0.05) is 32.5 Å². The van der Waals surface area contributed by atoms with Crippen LogP contribution in [0.15, 0.2) is 30.3 Å². The number of para-hydroxylation sites is 1. The quantitative estimate of drug-likeness (QED) is 0.904. The highest BCUT2D eigenvalue weighted by Crippen LogP contribution is 2.19. The average molecular weight is 290 g/mol. The van der Waals surface area contributed by atoms with Crippen LogP contribution in [0.25, 0.3) is 0 Å². The molecule has 0 aliphatic carbocycles. The molecule has 1 unspecified atom stereocenters. The summed E-state index contributed by atoms with van der Waals surface area (Å²) < 4.78 is 11.3. The van der Waals surface area contributed by atoms with Gasteiger partial charge in [-0.25, -0.2) is 0 Å². The molecule has 1 amide bonds. The first-order valence-electron chi connectivity index (χ1n) is 7.64. The molecule has 5 heteroatoms. The molecule has 2 saturated heterocycles. The summed E-state index contributed by atoms with van der Waals surface area (Å²) in [4.78, 5) is 14.3. The Morgan fingerprint density at radius 1 is 1.24 bits per heavy atom. The fourth-order valence-electron chi connectivity index (χ4n) is 2.83. The molecule has 2 fully saturated rings. The number of ether oxygens (including phenoxy) is 2. The molecule has 0 aromatic heterocycles. The molecule has 2 aliphatic heterocycles. The summed E-state index contributed by atoms with van der Waals surface area (Å²) in [6.45, 7) is 3.45. The third-order valence-electron chi connectivity index (χ3n) is 4.02. The van der Waals surface area contributed by atoms with Crippen LogP contribution in [0.4, 0.5) is 0 Å². The lowest BCUT2D eigenvalue weighted by molar-refractivity contribution is -0.138. The van der Waals surface area contributed by atoms with Crippen LogP contribution < -0.4 is 10.1 Å². The molecule has 1 aromatic carbocycles. The van der Waals surface area contributed by atoms with Crippen molar-refractivity contribution >= 4 is 5.91 Å². The lowest BCUT2D eigenvalue weighted by Gasteiger charge is -2.35. The van der Waals surface area contributed by atoms with Crippen LogP contribution in [0.1, 0.15) is 12.8 Å². The maximum Gasteiger partial charge on any atom is 0.242 e. The van der Waals surface area contributed by atoms with Gasteiger partial charge in [-0.3, -0.25) is 4.79 Å². The number of amides is 1. The van der Waals surface area contributed by atoms with Gasteiger partial charge in [0.2, 0.25) is 5.91 Å². The number of rotatable bonds is 3. The highest BCUT2D eigenvalue weighted by Gasteiger charge is 2.29. The smallest absolute Gasteiger partial charge is 0.242 e. The van der Waals surface area contributed by atoms with Gasteiger partial charge in [0.15, 0.2) is 0 Å². The molecule has 2 aliphatic rings. The number of morpholine rings is 1. The maximum atomic E-state index is 12.4.